The maximum atomic E-state index is 11.2. The molecule has 0 fully saturated rings. The second kappa shape index (κ2) is 5.78. The Morgan fingerprint density at radius 1 is 1.44 bits per heavy atom. The molecular weight excluding hydrogens is 216 g/mol. The normalized spacial score (nSPS) is 14.6. The molecule has 0 aromatic heterocycles. The van der Waals surface area contributed by atoms with E-state index in [0.29, 0.717) is 6.42 Å². The Morgan fingerprint density at radius 3 is 2.25 bits per heavy atom. The van der Waals surface area contributed by atoms with Crippen molar-refractivity contribution < 1.29 is 9.22 Å². The van der Waals surface area contributed by atoms with Crippen LogP contribution >= 0.6 is 0 Å². The Kier molecular flexibility index (Phi) is 5.63. The Hall–Kier alpha value is -0.413. The van der Waals surface area contributed by atoms with Gasteiger partial charge in [-0.25, -0.2) is 0 Å². The molecule has 3 heteroatoms. The molecule has 0 saturated heterocycles. The summed E-state index contributed by atoms with van der Waals surface area (Å²) < 4.78 is 6.20. The summed E-state index contributed by atoms with van der Waals surface area (Å²) in [6.07, 6.45) is 3.10. The van der Waals surface area contributed by atoms with Gasteiger partial charge in [0.05, 0.1) is 6.10 Å². The number of Topliss-reactive ketones (excluding diaryl/α,β-unsaturated/α-hetero) is 1. The quantitative estimate of drug-likeness (QED) is 0.521. The van der Waals surface area contributed by atoms with Crippen LogP contribution in [0.25, 0.3) is 0 Å². The maximum absolute atomic E-state index is 11.2. The standard InChI is InChI=1S/C13H26O2Si/c1-8-9-12(10-11(2)14)15-16(6,7)13(3,4)5/h8,12H,1,9-10H2,2-7H3/t12-/m1/s1. The molecule has 94 valence electrons. The summed E-state index contributed by atoms with van der Waals surface area (Å²) in [5, 5.41) is 0.184. The van der Waals surface area contributed by atoms with Crippen LogP contribution in [0.4, 0.5) is 0 Å². The van der Waals surface area contributed by atoms with Crippen molar-refractivity contribution in [3.63, 3.8) is 0 Å². The van der Waals surface area contributed by atoms with E-state index in [1.54, 1.807) is 6.92 Å². The molecule has 0 saturated carbocycles. The average molecular weight is 242 g/mol. The van der Waals surface area contributed by atoms with E-state index in [2.05, 4.69) is 40.4 Å². The molecule has 0 heterocycles. The van der Waals surface area contributed by atoms with Crippen LogP contribution in [0.2, 0.25) is 18.1 Å². The van der Waals surface area contributed by atoms with E-state index < -0.39 is 8.32 Å². The van der Waals surface area contributed by atoms with E-state index in [1.807, 2.05) is 6.08 Å². The van der Waals surface area contributed by atoms with Gasteiger partial charge in [0.15, 0.2) is 8.32 Å². The largest absolute Gasteiger partial charge is 0.413 e. The lowest BCUT2D eigenvalue weighted by molar-refractivity contribution is -0.118. The van der Waals surface area contributed by atoms with Crippen LogP contribution in [0.1, 0.15) is 40.5 Å². The molecule has 0 aliphatic heterocycles. The first-order valence-corrected chi connectivity index (χ1v) is 8.79. The van der Waals surface area contributed by atoms with Crippen molar-refractivity contribution in [2.24, 2.45) is 0 Å². The molecule has 0 aliphatic carbocycles. The second-order valence-corrected chi connectivity index (χ2v) is 10.7. The highest BCUT2D eigenvalue weighted by atomic mass is 28.4. The monoisotopic (exact) mass is 242 g/mol. The molecule has 0 aliphatic rings. The molecule has 0 aromatic rings. The van der Waals surface area contributed by atoms with Crippen molar-refractivity contribution in [1.29, 1.82) is 0 Å². The molecule has 0 spiro atoms. The van der Waals surface area contributed by atoms with Crippen molar-refractivity contribution >= 4 is 14.1 Å². The minimum absolute atomic E-state index is 0.0101. The summed E-state index contributed by atoms with van der Waals surface area (Å²) in [4.78, 5) is 11.2. The minimum Gasteiger partial charge on any atom is -0.413 e. The average Bonchev–Trinajstić information content (AvgIpc) is 1.99. The van der Waals surface area contributed by atoms with Gasteiger partial charge in [0.25, 0.3) is 0 Å². The smallest absolute Gasteiger partial charge is 0.192 e. The van der Waals surface area contributed by atoms with Crippen LogP contribution in [0, 0.1) is 0 Å². The van der Waals surface area contributed by atoms with Gasteiger partial charge in [-0.2, -0.15) is 0 Å². The fraction of sp³-hybridized carbons (Fsp3) is 0.769. The summed E-state index contributed by atoms with van der Waals surface area (Å²) in [6.45, 7) is 16.4. The Bertz CT molecular complexity index is 251. The van der Waals surface area contributed by atoms with E-state index in [0.717, 1.165) is 6.42 Å². The van der Waals surface area contributed by atoms with Gasteiger partial charge in [0.2, 0.25) is 0 Å². The molecule has 0 N–H and O–H groups in total. The zero-order valence-corrected chi connectivity index (χ0v) is 12.6. The Morgan fingerprint density at radius 2 is 1.94 bits per heavy atom. The van der Waals surface area contributed by atoms with E-state index in [1.165, 1.54) is 0 Å². The number of rotatable bonds is 6. The van der Waals surface area contributed by atoms with Gasteiger partial charge in [-0.1, -0.05) is 26.8 Å². The van der Waals surface area contributed by atoms with Crippen LogP contribution in [-0.2, 0) is 9.22 Å². The van der Waals surface area contributed by atoms with Crippen LogP contribution in [0.15, 0.2) is 12.7 Å². The van der Waals surface area contributed by atoms with E-state index >= 15 is 0 Å². The minimum atomic E-state index is -1.77. The summed E-state index contributed by atoms with van der Waals surface area (Å²) in [5.41, 5.74) is 0. The SMILES string of the molecule is C=CC[C@H](CC(C)=O)O[Si](C)(C)C(C)(C)C. The lowest BCUT2D eigenvalue weighted by Crippen LogP contribution is -2.44. The molecule has 2 nitrogen and oxygen atoms in total. The van der Waals surface area contributed by atoms with Crippen LogP contribution in [0.3, 0.4) is 0 Å². The van der Waals surface area contributed by atoms with Crippen molar-refractivity contribution in [2.45, 2.75) is 64.8 Å². The zero-order valence-electron chi connectivity index (χ0n) is 11.6. The van der Waals surface area contributed by atoms with Crippen LogP contribution < -0.4 is 0 Å². The lowest BCUT2D eigenvalue weighted by Gasteiger charge is -2.39. The van der Waals surface area contributed by atoms with Gasteiger partial charge < -0.3 is 4.43 Å². The number of carbonyl (C=O) groups excluding carboxylic acids is 1. The molecule has 1 atom stereocenters. The Labute approximate surface area is 101 Å². The van der Waals surface area contributed by atoms with Gasteiger partial charge in [0, 0.05) is 6.42 Å². The number of hydrogen-bond acceptors (Lipinski definition) is 2. The fourth-order valence-corrected chi connectivity index (χ4v) is 2.64. The summed E-state index contributed by atoms with van der Waals surface area (Å²) in [7, 11) is -1.77. The third-order valence-electron chi connectivity index (χ3n) is 3.21. The molecule has 0 rings (SSSR count). The number of hydrogen-bond donors (Lipinski definition) is 0. The second-order valence-electron chi connectivity index (χ2n) is 5.93. The molecule has 0 amide bonds. The van der Waals surface area contributed by atoms with Crippen molar-refractivity contribution in [3.8, 4) is 0 Å². The van der Waals surface area contributed by atoms with Crippen molar-refractivity contribution in [2.75, 3.05) is 0 Å². The van der Waals surface area contributed by atoms with Crippen LogP contribution in [-0.4, -0.2) is 20.2 Å². The Balaban J connectivity index is 4.61. The third-order valence-corrected chi connectivity index (χ3v) is 7.75. The van der Waals surface area contributed by atoms with Crippen LogP contribution in [0.5, 0.6) is 0 Å². The van der Waals surface area contributed by atoms with Gasteiger partial charge in [0.1, 0.15) is 5.78 Å². The lowest BCUT2D eigenvalue weighted by atomic mass is 10.1. The highest BCUT2D eigenvalue weighted by Gasteiger charge is 2.39. The first-order chi connectivity index (χ1) is 7.10. The number of ketones is 1. The molecule has 0 bridgehead atoms. The predicted molar refractivity (Wildman–Crippen MR) is 72.2 cm³/mol. The first-order valence-electron chi connectivity index (χ1n) is 5.88. The fourth-order valence-electron chi connectivity index (χ4n) is 1.27. The predicted octanol–water partition coefficient (Wildman–Crippen LogP) is 3.93. The first kappa shape index (κ1) is 15.6. The van der Waals surface area contributed by atoms with Gasteiger partial charge in [-0.15, -0.1) is 6.58 Å². The van der Waals surface area contributed by atoms with Gasteiger partial charge in [-0.3, -0.25) is 4.79 Å². The van der Waals surface area contributed by atoms with E-state index in [4.69, 9.17) is 4.43 Å². The molecule has 16 heavy (non-hydrogen) atoms. The number of carbonyl (C=O) groups is 1. The topological polar surface area (TPSA) is 26.3 Å². The highest BCUT2D eigenvalue weighted by Crippen LogP contribution is 2.37. The van der Waals surface area contributed by atoms with Gasteiger partial charge >= 0.3 is 0 Å². The summed E-state index contributed by atoms with van der Waals surface area (Å²) >= 11 is 0. The van der Waals surface area contributed by atoms with E-state index in [-0.39, 0.29) is 16.9 Å². The van der Waals surface area contributed by atoms with Gasteiger partial charge in [-0.05, 0) is 31.5 Å². The maximum Gasteiger partial charge on any atom is 0.192 e. The third kappa shape index (κ3) is 5.08. The van der Waals surface area contributed by atoms with E-state index in [9.17, 15) is 4.79 Å². The highest BCUT2D eigenvalue weighted by molar-refractivity contribution is 6.74. The zero-order chi connectivity index (χ0) is 13.0. The summed E-state index contributed by atoms with van der Waals surface area (Å²) in [6, 6.07) is 0. The molecule has 0 aromatic carbocycles. The molecule has 0 unspecified atom stereocenters. The van der Waals surface area contributed by atoms with Crippen molar-refractivity contribution in [3.05, 3.63) is 12.7 Å². The van der Waals surface area contributed by atoms with Crippen molar-refractivity contribution in [1.82, 2.24) is 0 Å². The molecular formula is C13H26O2Si. The summed E-state index contributed by atoms with van der Waals surface area (Å²) in [5.74, 6) is 0.186. The molecule has 0 radical (unpaired) electrons.